The number of amides is 1. The number of hydrogen-bond donors (Lipinski definition) is 1. The molecule has 3 rings (SSSR count). The van der Waals surface area contributed by atoms with E-state index in [9.17, 15) is 4.79 Å². The number of rotatable bonds is 6. The Balaban J connectivity index is 1.60. The summed E-state index contributed by atoms with van der Waals surface area (Å²) in [6, 6.07) is 11.3. The normalized spacial score (nSPS) is 10.7. The Morgan fingerprint density at radius 1 is 1.28 bits per heavy atom. The number of hydrogen-bond acceptors (Lipinski definition) is 4. The Bertz CT molecular complexity index is 882. The van der Waals surface area contributed by atoms with Crippen molar-refractivity contribution in [1.82, 2.24) is 14.9 Å². The van der Waals surface area contributed by atoms with Gasteiger partial charge in [0.25, 0.3) is 5.91 Å². The van der Waals surface area contributed by atoms with Crippen molar-refractivity contribution in [2.24, 2.45) is 7.05 Å². The minimum Gasteiger partial charge on any atom is -0.487 e. The molecule has 0 radical (unpaired) electrons. The summed E-state index contributed by atoms with van der Waals surface area (Å²) in [4.78, 5) is 16.7. The molecule has 6 heteroatoms. The molecule has 0 atom stereocenters. The first-order chi connectivity index (χ1) is 12.0. The maximum absolute atomic E-state index is 12.4. The third-order valence-corrected chi connectivity index (χ3v) is 4.88. The number of nitrogens with zero attached hydrogens (tertiary/aromatic N) is 2. The molecule has 2 aromatic heterocycles. The van der Waals surface area contributed by atoms with Crippen LogP contribution >= 0.6 is 11.3 Å². The molecule has 3 aromatic rings. The second-order valence-corrected chi connectivity index (χ2v) is 6.94. The third kappa shape index (κ3) is 4.28. The van der Waals surface area contributed by atoms with Crippen LogP contribution in [0.2, 0.25) is 0 Å². The Hall–Kier alpha value is -2.60. The molecule has 5 nitrogen and oxygen atoms in total. The first-order valence-corrected chi connectivity index (χ1v) is 8.94. The Morgan fingerprint density at radius 3 is 2.80 bits per heavy atom. The highest BCUT2D eigenvalue weighted by molar-refractivity contribution is 7.09. The number of carbonyl (C=O) groups excluding carboxylic acids is 1. The van der Waals surface area contributed by atoms with Crippen molar-refractivity contribution in [3.05, 3.63) is 69.4 Å². The van der Waals surface area contributed by atoms with Gasteiger partial charge in [0.2, 0.25) is 0 Å². The molecule has 25 heavy (non-hydrogen) atoms. The second-order valence-electron chi connectivity index (χ2n) is 5.88. The van der Waals surface area contributed by atoms with Gasteiger partial charge in [-0.2, -0.15) is 0 Å². The van der Waals surface area contributed by atoms with Crippen LogP contribution < -0.4 is 10.1 Å². The van der Waals surface area contributed by atoms with E-state index in [2.05, 4.69) is 14.9 Å². The van der Waals surface area contributed by atoms with Crippen LogP contribution in [0.3, 0.4) is 0 Å². The van der Waals surface area contributed by atoms with Gasteiger partial charge >= 0.3 is 0 Å². The van der Waals surface area contributed by atoms with Gasteiger partial charge in [-0.15, -0.1) is 11.3 Å². The highest BCUT2D eigenvalue weighted by Gasteiger charge is 2.09. The van der Waals surface area contributed by atoms with Crippen LogP contribution in [0.25, 0.3) is 0 Å². The molecule has 1 N–H and O–H groups in total. The lowest BCUT2D eigenvalue weighted by Crippen LogP contribution is -2.24. The zero-order chi connectivity index (χ0) is 17.8. The van der Waals surface area contributed by atoms with Crippen LogP contribution in [0, 0.1) is 13.8 Å². The average Bonchev–Trinajstić information content (AvgIpc) is 3.17. The van der Waals surface area contributed by atoms with Crippen molar-refractivity contribution < 1.29 is 9.53 Å². The van der Waals surface area contributed by atoms with Gasteiger partial charge in [-0.1, -0.05) is 6.07 Å². The number of carbonyl (C=O) groups is 1. The zero-order valence-electron chi connectivity index (χ0n) is 14.6. The number of aryl methyl sites for hydroxylation is 2. The molecule has 0 aliphatic rings. The van der Waals surface area contributed by atoms with E-state index >= 15 is 0 Å². The molecule has 0 unspecified atom stereocenters. The molecule has 2 heterocycles. The zero-order valence-corrected chi connectivity index (χ0v) is 15.4. The van der Waals surface area contributed by atoms with E-state index in [0.29, 0.717) is 24.5 Å². The van der Waals surface area contributed by atoms with Gasteiger partial charge in [0.15, 0.2) is 0 Å². The first-order valence-electron chi connectivity index (χ1n) is 8.06. The summed E-state index contributed by atoms with van der Waals surface area (Å²) in [6.45, 7) is 4.90. The molecule has 0 aliphatic carbocycles. The lowest BCUT2D eigenvalue weighted by atomic mass is 10.2. The fourth-order valence-electron chi connectivity index (χ4n) is 2.48. The maximum atomic E-state index is 12.4. The molecule has 0 bridgehead atoms. The highest BCUT2D eigenvalue weighted by Crippen LogP contribution is 2.16. The van der Waals surface area contributed by atoms with Crippen LogP contribution in [-0.2, 0) is 20.2 Å². The Kier molecular flexibility index (Phi) is 5.19. The van der Waals surface area contributed by atoms with Gasteiger partial charge in [-0.3, -0.25) is 4.79 Å². The molecular weight excluding hydrogens is 334 g/mol. The van der Waals surface area contributed by atoms with Crippen LogP contribution in [-0.4, -0.2) is 15.5 Å². The van der Waals surface area contributed by atoms with Crippen LogP contribution in [0.15, 0.2) is 41.8 Å². The molecule has 0 aliphatic heterocycles. The molecular formula is C19H21N3O2S. The topological polar surface area (TPSA) is 56.1 Å². The maximum Gasteiger partial charge on any atom is 0.251 e. The predicted octanol–water partition coefficient (Wildman–Crippen LogP) is 3.61. The van der Waals surface area contributed by atoms with Crippen LogP contribution in [0.4, 0.5) is 0 Å². The fourth-order valence-corrected chi connectivity index (χ4v) is 3.07. The minimum atomic E-state index is -0.117. The van der Waals surface area contributed by atoms with Crippen molar-refractivity contribution in [1.29, 1.82) is 0 Å². The fraction of sp³-hybridized carbons (Fsp3) is 0.263. The summed E-state index contributed by atoms with van der Waals surface area (Å²) in [6.07, 6.45) is 0. The summed E-state index contributed by atoms with van der Waals surface area (Å²) in [7, 11) is 1.99. The van der Waals surface area contributed by atoms with E-state index < -0.39 is 0 Å². The largest absolute Gasteiger partial charge is 0.487 e. The van der Waals surface area contributed by atoms with E-state index in [-0.39, 0.29) is 5.91 Å². The molecule has 1 aromatic carbocycles. The number of nitrogens with one attached hydrogen (secondary N) is 1. The van der Waals surface area contributed by atoms with Gasteiger partial charge in [0.1, 0.15) is 12.4 Å². The lowest BCUT2D eigenvalue weighted by Gasteiger charge is -2.09. The van der Waals surface area contributed by atoms with Gasteiger partial charge in [-0.05, 0) is 44.2 Å². The Morgan fingerprint density at radius 2 is 2.12 bits per heavy atom. The van der Waals surface area contributed by atoms with Gasteiger partial charge in [-0.25, -0.2) is 4.98 Å². The number of thiazole rings is 1. The summed E-state index contributed by atoms with van der Waals surface area (Å²) >= 11 is 1.60. The Labute approximate surface area is 151 Å². The molecule has 0 spiro atoms. The number of benzene rings is 1. The number of ether oxygens (including phenoxy) is 1. The van der Waals surface area contributed by atoms with Crippen LogP contribution in [0.1, 0.15) is 32.4 Å². The third-order valence-electron chi connectivity index (χ3n) is 4.06. The molecule has 0 fully saturated rings. The second kappa shape index (κ2) is 7.53. The van der Waals surface area contributed by atoms with Gasteiger partial charge in [0.05, 0.1) is 17.2 Å². The average molecular weight is 355 g/mol. The van der Waals surface area contributed by atoms with Crippen molar-refractivity contribution in [2.45, 2.75) is 27.0 Å². The minimum absolute atomic E-state index is 0.117. The van der Waals surface area contributed by atoms with Crippen molar-refractivity contribution in [3.63, 3.8) is 0 Å². The standard InChI is InChI=1S/C19H21N3O2S/c1-13-7-8-17(22(13)3)10-20-19(23)15-5-4-6-18(9-15)24-11-16-12-25-14(2)21-16/h4-9,12H,10-11H2,1-3H3,(H,20,23). The van der Waals surface area contributed by atoms with E-state index in [1.165, 1.54) is 0 Å². The molecule has 1 amide bonds. The van der Waals surface area contributed by atoms with Crippen molar-refractivity contribution >= 4 is 17.2 Å². The summed E-state index contributed by atoms with van der Waals surface area (Å²) in [5.74, 6) is 0.543. The van der Waals surface area contributed by atoms with E-state index in [1.54, 1.807) is 23.5 Å². The van der Waals surface area contributed by atoms with Gasteiger partial charge < -0.3 is 14.6 Å². The van der Waals surface area contributed by atoms with E-state index in [4.69, 9.17) is 4.74 Å². The summed E-state index contributed by atoms with van der Waals surface area (Å²) in [5, 5.41) is 5.94. The van der Waals surface area contributed by atoms with Crippen molar-refractivity contribution in [3.8, 4) is 5.75 Å². The van der Waals surface area contributed by atoms with Gasteiger partial charge in [0, 0.05) is 29.4 Å². The number of aromatic nitrogens is 2. The van der Waals surface area contributed by atoms with Crippen LogP contribution in [0.5, 0.6) is 5.75 Å². The summed E-state index contributed by atoms with van der Waals surface area (Å²) in [5.41, 5.74) is 3.71. The molecule has 130 valence electrons. The smallest absolute Gasteiger partial charge is 0.251 e. The summed E-state index contributed by atoms with van der Waals surface area (Å²) < 4.78 is 7.81. The quantitative estimate of drug-likeness (QED) is 0.735. The highest BCUT2D eigenvalue weighted by atomic mass is 32.1. The van der Waals surface area contributed by atoms with E-state index in [0.717, 1.165) is 22.1 Å². The predicted molar refractivity (Wildman–Crippen MR) is 98.9 cm³/mol. The SMILES string of the molecule is Cc1nc(COc2cccc(C(=O)NCc3ccc(C)n3C)c2)cs1. The van der Waals surface area contributed by atoms with Crippen molar-refractivity contribution in [2.75, 3.05) is 0 Å². The first kappa shape index (κ1) is 17.2. The monoisotopic (exact) mass is 355 g/mol. The molecule has 0 saturated heterocycles. The van der Waals surface area contributed by atoms with E-state index in [1.807, 2.05) is 50.5 Å². The lowest BCUT2D eigenvalue weighted by molar-refractivity contribution is 0.0949. The molecule has 0 saturated carbocycles.